The summed E-state index contributed by atoms with van der Waals surface area (Å²) in [6.07, 6.45) is 0. The SMILES string of the molecule is CC(C)C(C)(C)CNC(=O)C(C)(C)Br. The first-order valence-corrected chi connectivity index (χ1v) is 5.84. The molecule has 0 bridgehead atoms. The Morgan fingerprint density at radius 1 is 1.29 bits per heavy atom. The third-order valence-corrected chi connectivity index (χ3v) is 3.17. The Bertz CT molecular complexity index is 204. The molecule has 0 saturated carbocycles. The maximum Gasteiger partial charge on any atom is 0.236 e. The molecule has 84 valence electrons. The molecule has 14 heavy (non-hydrogen) atoms. The van der Waals surface area contributed by atoms with Crippen molar-refractivity contribution in [1.82, 2.24) is 5.32 Å². The standard InChI is InChI=1S/C11H22BrNO/c1-8(2)10(3,4)7-13-9(14)11(5,6)12/h8H,7H2,1-6H3,(H,13,14). The van der Waals surface area contributed by atoms with E-state index in [1.807, 2.05) is 13.8 Å². The summed E-state index contributed by atoms with van der Waals surface area (Å²) in [5, 5.41) is 2.96. The molecule has 0 aromatic carbocycles. The Morgan fingerprint density at radius 2 is 1.71 bits per heavy atom. The van der Waals surface area contributed by atoms with E-state index in [2.05, 4.69) is 48.9 Å². The first kappa shape index (κ1) is 13.9. The summed E-state index contributed by atoms with van der Waals surface area (Å²) in [5.74, 6) is 0.604. The number of hydrogen-bond acceptors (Lipinski definition) is 1. The van der Waals surface area contributed by atoms with Crippen molar-refractivity contribution in [1.29, 1.82) is 0 Å². The summed E-state index contributed by atoms with van der Waals surface area (Å²) in [6.45, 7) is 13.1. The van der Waals surface area contributed by atoms with Crippen LogP contribution in [0.15, 0.2) is 0 Å². The number of amides is 1. The number of hydrogen-bond donors (Lipinski definition) is 1. The van der Waals surface area contributed by atoms with Crippen molar-refractivity contribution in [3.05, 3.63) is 0 Å². The lowest BCUT2D eigenvalue weighted by molar-refractivity contribution is -0.123. The molecule has 0 saturated heterocycles. The molecule has 0 rings (SSSR count). The van der Waals surface area contributed by atoms with Gasteiger partial charge in [0, 0.05) is 6.54 Å². The Morgan fingerprint density at radius 3 is 2.00 bits per heavy atom. The van der Waals surface area contributed by atoms with E-state index in [1.54, 1.807) is 0 Å². The van der Waals surface area contributed by atoms with E-state index in [9.17, 15) is 4.79 Å². The van der Waals surface area contributed by atoms with Crippen molar-refractivity contribution in [2.45, 2.75) is 45.9 Å². The van der Waals surface area contributed by atoms with Crippen molar-refractivity contribution in [2.24, 2.45) is 11.3 Å². The molecule has 0 aliphatic carbocycles. The van der Waals surface area contributed by atoms with Gasteiger partial charge in [-0.3, -0.25) is 4.79 Å². The average molecular weight is 264 g/mol. The Hall–Kier alpha value is -0.0500. The molecule has 2 nitrogen and oxygen atoms in total. The fraction of sp³-hybridized carbons (Fsp3) is 0.909. The average Bonchev–Trinajstić information content (AvgIpc) is 1.98. The monoisotopic (exact) mass is 263 g/mol. The quantitative estimate of drug-likeness (QED) is 0.777. The number of alkyl halides is 1. The molecule has 0 unspecified atom stereocenters. The topological polar surface area (TPSA) is 29.1 Å². The third kappa shape index (κ3) is 4.45. The minimum atomic E-state index is -0.472. The van der Waals surface area contributed by atoms with Crippen LogP contribution in [-0.2, 0) is 4.79 Å². The number of carbonyl (C=O) groups excluding carboxylic acids is 1. The Labute approximate surface area is 96.0 Å². The fourth-order valence-electron chi connectivity index (χ4n) is 0.722. The van der Waals surface area contributed by atoms with Gasteiger partial charge in [0.15, 0.2) is 0 Å². The summed E-state index contributed by atoms with van der Waals surface area (Å²) >= 11 is 3.34. The number of rotatable bonds is 4. The molecule has 1 N–H and O–H groups in total. The van der Waals surface area contributed by atoms with Crippen molar-refractivity contribution in [3.63, 3.8) is 0 Å². The van der Waals surface area contributed by atoms with Crippen molar-refractivity contribution in [2.75, 3.05) is 6.54 Å². The van der Waals surface area contributed by atoms with Crippen LogP contribution >= 0.6 is 15.9 Å². The van der Waals surface area contributed by atoms with Gasteiger partial charge in [-0.05, 0) is 25.2 Å². The second-order valence-electron chi connectivity index (χ2n) is 5.30. The van der Waals surface area contributed by atoms with Crippen LogP contribution in [0, 0.1) is 11.3 Å². The summed E-state index contributed by atoms with van der Waals surface area (Å²) in [7, 11) is 0. The smallest absolute Gasteiger partial charge is 0.236 e. The zero-order valence-corrected chi connectivity index (χ0v) is 11.7. The molecule has 0 atom stereocenters. The van der Waals surface area contributed by atoms with Gasteiger partial charge in [-0.15, -0.1) is 0 Å². The van der Waals surface area contributed by atoms with Crippen molar-refractivity contribution >= 4 is 21.8 Å². The van der Waals surface area contributed by atoms with Gasteiger partial charge in [0.05, 0.1) is 4.32 Å². The Kier molecular flexibility index (Phi) is 4.63. The van der Waals surface area contributed by atoms with Crippen molar-refractivity contribution in [3.8, 4) is 0 Å². The highest BCUT2D eigenvalue weighted by Gasteiger charge is 2.27. The summed E-state index contributed by atoms with van der Waals surface area (Å²) in [6, 6.07) is 0. The number of halogens is 1. The fourth-order valence-corrected chi connectivity index (χ4v) is 0.863. The molecule has 0 heterocycles. The lowest BCUT2D eigenvalue weighted by Gasteiger charge is -2.30. The zero-order valence-electron chi connectivity index (χ0n) is 10.1. The van der Waals surface area contributed by atoms with Gasteiger partial charge < -0.3 is 5.32 Å². The highest BCUT2D eigenvalue weighted by atomic mass is 79.9. The third-order valence-electron chi connectivity index (χ3n) is 2.81. The normalized spacial score (nSPS) is 13.1. The van der Waals surface area contributed by atoms with Gasteiger partial charge >= 0.3 is 0 Å². The van der Waals surface area contributed by atoms with E-state index < -0.39 is 4.32 Å². The van der Waals surface area contributed by atoms with Crippen LogP contribution in [0.2, 0.25) is 0 Å². The molecule has 3 heteroatoms. The first-order chi connectivity index (χ1) is 6.07. The van der Waals surface area contributed by atoms with E-state index in [-0.39, 0.29) is 11.3 Å². The van der Waals surface area contributed by atoms with Crippen LogP contribution in [0.1, 0.15) is 41.5 Å². The van der Waals surface area contributed by atoms with Gasteiger partial charge in [0.25, 0.3) is 0 Å². The maximum atomic E-state index is 11.6. The van der Waals surface area contributed by atoms with Crippen LogP contribution in [0.5, 0.6) is 0 Å². The van der Waals surface area contributed by atoms with E-state index in [4.69, 9.17) is 0 Å². The molecule has 0 radical (unpaired) electrons. The predicted molar refractivity (Wildman–Crippen MR) is 64.6 cm³/mol. The van der Waals surface area contributed by atoms with Gasteiger partial charge in [-0.25, -0.2) is 0 Å². The minimum absolute atomic E-state index is 0.0474. The molecule has 0 aliphatic heterocycles. The lowest BCUT2D eigenvalue weighted by Crippen LogP contribution is -2.43. The van der Waals surface area contributed by atoms with E-state index >= 15 is 0 Å². The van der Waals surface area contributed by atoms with E-state index in [0.717, 1.165) is 6.54 Å². The minimum Gasteiger partial charge on any atom is -0.354 e. The second kappa shape index (κ2) is 4.65. The van der Waals surface area contributed by atoms with Crippen LogP contribution < -0.4 is 5.32 Å². The lowest BCUT2D eigenvalue weighted by atomic mass is 9.81. The van der Waals surface area contributed by atoms with Gasteiger partial charge in [0.2, 0.25) is 5.91 Å². The largest absolute Gasteiger partial charge is 0.354 e. The molecule has 0 aliphatic rings. The predicted octanol–water partition coefficient (Wildman–Crippen LogP) is 2.96. The van der Waals surface area contributed by atoms with Gasteiger partial charge in [-0.1, -0.05) is 43.6 Å². The molecule has 0 spiro atoms. The summed E-state index contributed by atoms with van der Waals surface area (Å²) in [5.41, 5.74) is 0.147. The van der Waals surface area contributed by atoms with Crippen LogP contribution in [-0.4, -0.2) is 16.8 Å². The van der Waals surface area contributed by atoms with E-state index in [0.29, 0.717) is 5.92 Å². The molecule has 0 aromatic heterocycles. The van der Waals surface area contributed by atoms with Crippen LogP contribution in [0.25, 0.3) is 0 Å². The van der Waals surface area contributed by atoms with Gasteiger partial charge in [0.1, 0.15) is 0 Å². The second-order valence-corrected chi connectivity index (χ2v) is 7.28. The van der Waals surface area contributed by atoms with Gasteiger partial charge in [-0.2, -0.15) is 0 Å². The van der Waals surface area contributed by atoms with Crippen LogP contribution in [0.4, 0.5) is 0 Å². The summed E-state index contributed by atoms with van der Waals surface area (Å²) < 4.78 is -0.472. The highest BCUT2D eigenvalue weighted by molar-refractivity contribution is 9.10. The Balaban J connectivity index is 4.14. The zero-order chi connectivity index (χ0) is 11.6. The van der Waals surface area contributed by atoms with E-state index in [1.165, 1.54) is 0 Å². The number of nitrogens with one attached hydrogen (secondary N) is 1. The first-order valence-electron chi connectivity index (χ1n) is 5.04. The molecular formula is C11H22BrNO. The molecular weight excluding hydrogens is 242 g/mol. The molecule has 0 aromatic rings. The molecule has 0 fully saturated rings. The van der Waals surface area contributed by atoms with Crippen LogP contribution in [0.3, 0.4) is 0 Å². The van der Waals surface area contributed by atoms with Crippen molar-refractivity contribution < 1.29 is 4.79 Å². The maximum absolute atomic E-state index is 11.6. The molecule has 1 amide bonds. The highest BCUT2D eigenvalue weighted by Crippen LogP contribution is 2.25. The number of carbonyl (C=O) groups is 1. The summed E-state index contributed by atoms with van der Waals surface area (Å²) in [4.78, 5) is 11.6.